The summed E-state index contributed by atoms with van der Waals surface area (Å²) in [6.45, 7) is 5.72. The minimum atomic E-state index is 0.215. The Morgan fingerprint density at radius 2 is 2.36 bits per heavy atom. The second kappa shape index (κ2) is 3.14. The van der Waals surface area contributed by atoms with Crippen LogP contribution in [0.15, 0.2) is 35.9 Å². The molecule has 0 amide bonds. The lowest BCUT2D eigenvalue weighted by molar-refractivity contribution is 0.0974. The Kier molecular flexibility index (Phi) is 2.21. The van der Waals surface area contributed by atoms with E-state index in [1.807, 2.05) is 13.0 Å². The Hall–Kier alpha value is -1.38. The molecular weight excluding hydrogens is 142 g/mol. The molecule has 0 unspecified atom stereocenters. The molecule has 0 aromatic carbocycles. The van der Waals surface area contributed by atoms with Crippen LogP contribution in [0.5, 0.6) is 0 Å². The summed E-state index contributed by atoms with van der Waals surface area (Å²) in [5, 5.41) is 0. The fourth-order valence-electron chi connectivity index (χ4n) is 0.805. The van der Waals surface area contributed by atoms with E-state index in [9.17, 15) is 0 Å². The lowest BCUT2D eigenvalue weighted by atomic mass is 10.3. The van der Waals surface area contributed by atoms with Crippen molar-refractivity contribution in [1.29, 1.82) is 0 Å². The van der Waals surface area contributed by atoms with Crippen molar-refractivity contribution in [3.8, 4) is 0 Å². The SMILES string of the molecule is C=C1OCO/C1=C(N)/C=C\C. The summed E-state index contributed by atoms with van der Waals surface area (Å²) in [4.78, 5) is 0. The summed E-state index contributed by atoms with van der Waals surface area (Å²) >= 11 is 0. The Labute approximate surface area is 65.8 Å². The van der Waals surface area contributed by atoms with Gasteiger partial charge in [0.25, 0.3) is 0 Å². The maximum atomic E-state index is 5.61. The molecule has 0 saturated carbocycles. The molecule has 2 N–H and O–H groups in total. The molecule has 60 valence electrons. The van der Waals surface area contributed by atoms with Crippen molar-refractivity contribution >= 4 is 0 Å². The molecule has 0 aromatic rings. The Morgan fingerprint density at radius 1 is 1.64 bits per heavy atom. The topological polar surface area (TPSA) is 44.5 Å². The molecule has 0 radical (unpaired) electrons. The van der Waals surface area contributed by atoms with E-state index in [1.165, 1.54) is 0 Å². The summed E-state index contributed by atoms with van der Waals surface area (Å²) in [6.07, 6.45) is 3.58. The van der Waals surface area contributed by atoms with Gasteiger partial charge in [-0.15, -0.1) is 0 Å². The van der Waals surface area contributed by atoms with Crippen molar-refractivity contribution < 1.29 is 9.47 Å². The van der Waals surface area contributed by atoms with Crippen LogP contribution in [0.3, 0.4) is 0 Å². The quantitative estimate of drug-likeness (QED) is 0.616. The van der Waals surface area contributed by atoms with Crippen LogP contribution < -0.4 is 5.73 Å². The molecule has 1 aliphatic rings. The van der Waals surface area contributed by atoms with E-state index in [-0.39, 0.29) is 6.79 Å². The molecule has 1 saturated heterocycles. The largest absolute Gasteiger partial charge is 0.454 e. The number of hydrogen-bond acceptors (Lipinski definition) is 3. The van der Waals surface area contributed by atoms with Gasteiger partial charge < -0.3 is 15.2 Å². The highest BCUT2D eigenvalue weighted by molar-refractivity contribution is 5.30. The normalized spacial score (nSPS) is 21.7. The lowest BCUT2D eigenvalue weighted by Gasteiger charge is -1.97. The zero-order valence-corrected chi connectivity index (χ0v) is 6.46. The molecule has 0 atom stereocenters. The van der Waals surface area contributed by atoms with Crippen LogP contribution in [-0.2, 0) is 9.47 Å². The van der Waals surface area contributed by atoms with Gasteiger partial charge in [0.05, 0.1) is 5.70 Å². The van der Waals surface area contributed by atoms with Crippen molar-refractivity contribution in [3.05, 3.63) is 35.9 Å². The third kappa shape index (κ3) is 1.55. The summed E-state index contributed by atoms with van der Waals surface area (Å²) in [5.74, 6) is 1.05. The van der Waals surface area contributed by atoms with Crippen LogP contribution >= 0.6 is 0 Å². The molecule has 11 heavy (non-hydrogen) atoms. The molecule has 0 aliphatic carbocycles. The van der Waals surface area contributed by atoms with Crippen LogP contribution in [0.4, 0.5) is 0 Å². The van der Waals surface area contributed by atoms with Gasteiger partial charge in [-0.25, -0.2) is 0 Å². The minimum absolute atomic E-state index is 0.215. The van der Waals surface area contributed by atoms with Crippen molar-refractivity contribution in [3.63, 3.8) is 0 Å². The molecule has 0 bridgehead atoms. The zero-order valence-electron chi connectivity index (χ0n) is 6.46. The highest BCUT2D eigenvalue weighted by Crippen LogP contribution is 2.20. The molecule has 3 heteroatoms. The van der Waals surface area contributed by atoms with E-state index in [1.54, 1.807) is 6.08 Å². The van der Waals surface area contributed by atoms with Gasteiger partial charge >= 0.3 is 0 Å². The van der Waals surface area contributed by atoms with Crippen molar-refractivity contribution in [2.75, 3.05) is 6.79 Å². The number of hydrogen-bond donors (Lipinski definition) is 1. The van der Waals surface area contributed by atoms with E-state index in [2.05, 4.69) is 6.58 Å². The number of nitrogens with two attached hydrogens (primary N) is 1. The molecule has 1 aliphatic heterocycles. The van der Waals surface area contributed by atoms with Gasteiger partial charge in [-0.1, -0.05) is 12.7 Å². The monoisotopic (exact) mass is 153 g/mol. The highest BCUT2D eigenvalue weighted by Gasteiger charge is 2.16. The zero-order chi connectivity index (χ0) is 8.27. The fraction of sp³-hybridized carbons (Fsp3) is 0.250. The van der Waals surface area contributed by atoms with Crippen molar-refractivity contribution in [2.24, 2.45) is 5.73 Å². The van der Waals surface area contributed by atoms with Crippen molar-refractivity contribution in [2.45, 2.75) is 6.92 Å². The molecule has 0 aromatic heterocycles. The van der Waals surface area contributed by atoms with Gasteiger partial charge in [-0.2, -0.15) is 0 Å². The van der Waals surface area contributed by atoms with Gasteiger partial charge in [0, 0.05) is 0 Å². The first-order valence-corrected chi connectivity index (χ1v) is 3.33. The summed E-state index contributed by atoms with van der Waals surface area (Å²) in [7, 11) is 0. The Balaban J connectivity index is 2.85. The number of rotatable bonds is 1. The van der Waals surface area contributed by atoms with Crippen LogP contribution in [0, 0.1) is 0 Å². The second-order valence-corrected chi connectivity index (χ2v) is 2.11. The van der Waals surface area contributed by atoms with Crippen LogP contribution in [0.1, 0.15) is 6.92 Å². The molecule has 1 heterocycles. The predicted octanol–water partition coefficient (Wildman–Crippen LogP) is 1.25. The fourth-order valence-corrected chi connectivity index (χ4v) is 0.805. The third-order valence-corrected chi connectivity index (χ3v) is 1.30. The first kappa shape index (κ1) is 7.72. The van der Waals surface area contributed by atoms with Gasteiger partial charge in [0.1, 0.15) is 0 Å². The van der Waals surface area contributed by atoms with E-state index in [0.717, 1.165) is 0 Å². The average molecular weight is 153 g/mol. The standard InChI is InChI=1S/C8H11NO2/c1-3-4-7(9)8-6(2)10-5-11-8/h3-4H,2,5,9H2,1H3/b4-3-,8-7-. The molecule has 1 fully saturated rings. The van der Waals surface area contributed by atoms with E-state index in [0.29, 0.717) is 17.2 Å². The maximum absolute atomic E-state index is 5.61. The second-order valence-electron chi connectivity index (χ2n) is 2.11. The Morgan fingerprint density at radius 3 is 2.82 bits per heavy atom. The van der Waals surface area contributed by atoms with E-state index < -0.39 is 0 Å². The summed E-state index contributed by atoms with van der Waals surface area (Å²) in [5.41, 5.74) is 6.16. The first-order valence-electron chi connectivity index (χ1n) is 3.33. The van der Waals surface area contributed by atoms with Gasteiger partial charge in [-0.3, -0.25) is 0 Å². The van der Waals surface area contributed by atoms with Crippen molar-refractivity contribution in [1.82, 2.24) is 0 Å². The lowest BCUT2D eigenvalue weighted by Crippen LogP contribution is -1.99. The molecular formula is C8H11NO2. The van der Waals surface area contributed by atoms with E-state index >= 15 is 0 Å². The predicted molar refractivity (Wildman–Crippen MR) is 42.2 cm³/mol. The average Bonchev–Trinajstić information content (AvgIpc) is 2.36. The molecule has 3 nitrogen and oxygen atoms in total. The number of ether oxygens (including phenoxy) is 2. The van der Waals surface area contributed by atoms with Crippen LogP contribution in [-0.4, -0.2) is 6.79 Å². The molecule has 1 rings (SSSR count). The van der Waals surface area contributed by atoms with E-state index in [4.69, 9.17) is 15.2 Å². The maximum Gasteiger partial charge on any atom is 0.231 e. The van der Waals surface area contributed by atoms with Crippen LogP contribution in [0.2, 0.25) is 0 Å². The minimum Gasteiger partial charge on any atom is -0.454 e. The number of allylic oxidation sites excluding steroid dienone is 2. The smallest absolute Gasteiger partial charge is 0.231 e. The first-order chi connectivity index (χ1) is 5.25. The summed E-state index contributed by atoms with van der Waals surface area (Å²) in [6, 6.07) is 0. The van der Waals surface area contributed by atoms with Gasteiger partial charge in [0.15, 0.2) is 11.5 Å². The van der Waals surface area contributed by atoms with Crippen LogP contribution in [0.25, 0.3) is 0 Å². The highest BCUT2D eigenvalue weighted by atomic mass is 16.7. The third-order valence-electron chi connectivity index (χ3n) is 1.30. The van der Waals surface area contributed by atoms with Gasteiger partial charge in [-0.05, 0) is 13.0 Å². The summed E-state index contributed by atoms with van der Waals surface area (Å²) < 4.78 is 10.0. The Bertz CT molecular complexity index is 228. The van der Waals surface area contributed by atoms with Gasteiger partial charge in [0.2, 0.25) is 6.79 Å². The molecule has 0 spiro atoms.